The molecule has 0 heterocycles. The van der Waals surface area contributed by atoms with Crippen LogP contribution in [-0.4, -0.2) is 18.2 Å². The minimum atomic E-state index is -1.07. The van der Waals surface area contributed by atoms with Crippen LogP contribution < -0.4 is 14.8 Å². The summed E-state index contributed by atoms with van der Waals surface area (Å²) in [4.78, 5) is 11.1. The van der Waals surface area contributed by atoms with Gasteiger partial charge in [0, 0.05) is 12.2 Å². The van der Waals surface area contributed by atoms with E-state index in [1.54, 1.807) is 25.3 Å². The Labute approximate surface area is 185 Å². The fourth-order valence-electron chi connectivity index (χ4n) is 2.98. The van der Waals surface area contributed by atoms with E-state index in [0.717, 1.165) is 16.7 Å². The van der Waals surface area contributed by atoms with Crippen LogP contribution in [0.2, 0.25) is 10.0 Å². The molecule has 0 saturated carbocycles. The summed E-state index contributed by atoms with van der Waals surface area (Å²) < 4.78 is 11.4. The van der Waals surface area contributed by atoms with Gasteiger partial charge in [-0.2, -0.15) is 0 Å². The first-order valence-corrected chi connectivity index (χ1v) is 9.94. The SMILES string of the molecule is COc1cc(CNc2ccc(C(=O)O)c(Cl)c2)cc(Cl)c1OCc1cccc(C)c1. The van der Waals surface area contributed by atoms with Crippen molar-refractivity contribution in [3.05, 3.63) is 86.9 Å². The third-order valence-corrected chi connectivity index (χ3v) is 5.04. The number of methoxy groups -OCH3 is 1. The molecule has 7 heteroatoms. The van der Waals surface area contributed by atoms with Crippen LogP contribution in [0.3, 0.4) is 0 Å². The van der Waals surface area contributed by atoms with Crippen LogP contribution in [0.5, 0.6) is 11.5 Å². The summed E-state index contributed by atoms with van der Waals surface area (Å²) in [5.41, 5.74) is 3.83. The predicted octanol–water partition coefficient (Wildman–Crippen LogP) is 6.20. The van der Waals surface area contributed by atoms with Crippen molar-refractivity contribution in [2.75, 3.05) is 12.4 Å². The van der Waals surface area contributed by atoms with E-state index < -0.39 is 5.97 Å². The molecule has 5 nitrogen and oxygen atoms in total. The molecule has 30 heavy (non-hydrogen) atoms. The van der Waals surface area contributed by atoms with Crippen LogP contribution in [0, 0.1) is 6.92 Å². The second-order valence-corrected chi connectivity index (χ2v) is 7.55. The third kappa shape index (κ3) is 5.38. The number of ether oxygens (including phenoxy) is 2. The summed E-state index contributed by atoms with van der Waals surface area (Å²) in [5.74, 6) is -0.0474. The van der Waals surface area contributed by atoms with Crippen LogP contribution >= 0.6 is 23.2 Å². The highest BCUT2D eigenvalue weighted by Crippen LogP contribution is 2.37. The zero-order valence-electron chi connectivity index (χ0n) is 16.5. The molecular formula is C23H21Cl2NO4. The molecule has 0 bridgehead atoms. The van der Waals surface area contributed by atoms with Gasteiger partial charge in [-0.1, -0.05) is 53.0 Å². The summed E-state index contributed by atoms with van der Waals surface area (Å²) in [6, 6.07) is 16.4. The van der Waals surface area contributed by atoms with Crippen LogP contribution in [0.25, 0.3) is 0 Å². The molecule has 0 radical (unpaired) electrons. The van der Waals surface area contributed by atoms with Crippen LogP contribution in [0.4, 0.5) is 5.69 Å². The topological polar surface area (TPSA) is 67.8 Å². The lowest BCUT2D eigenvalue weighted by atomic mass is 10.1. The van der Waals surface area contributed by atoms with E-state index in [0.29, 0.717) is 35.4 Å². The molecule has 0 aliphatic heterocycles. The molecule has 0 aliphatic rings. The Bertz CT molecular complexity index is 1070. The Morgan fingerprint density at radius 3 is 2.50 bits per heavy atom. The Morgan fingerprint density at radius 1 is 1.03 bits per heavy atom. The molecule has 156 valence electrons. The zero-order chi connectivity index (χ0) is 21.7. The van der Waals surface area contributed by atoms with Crippen molar-refractivity contribution in [3.63, 3.8) is 0 Å². The minimum Gasteiger partial charge on any atom is -0.493 e. The van der Waals surface area contributed by atoms with Crippen molar-refractivity contribution in [3.8, 4) is 11.5 Å². The maximum absolute atomic E-state index is 11.1. The predicted molar refractivity (Wildman–Crippen MR) is 119 cm³/mol. The maximum Gasteiger partial charge on any atom is 0.337 e. The van der Waals surface area contributed by atoms with Crippen molar-refractivity contribution in [1.82, 2.24) is 0 Å². The molecule has 0 spiro atoms. The number of hydrogen-bond acceptors (Lipinski definition) is 4. The highest BCUT2D eigenvalue weighted by molar-refractivity contribution is 6.33. The smallest absolute Gasteiger partial charge is 0.337 e. The molecule has 3 aromatic carbocycles. The molecule has 0 amide bonds. The quantitative estimate of drug-likeness (QED) is 0.431. The number of rotatable bonds is 8. The lowest BCUT2D eigenvalue weighted by Gasteiger charge is -2.15. The monoisotopic (exact) mass is 445 g/mol. The Balaban J connectivity index is 1.72. The molecule has 0 aromatic heterocycles. The molecule has 3 aromatic rings. The van der Waals surface area contributed by atoms with Gasteiger partial charge in [0.05, 0.1) is 22.7 Å². The lowest BCUT2D eigenvalue weighted by molar-refractivity contribution is 0.0697. The van der Waals surface area contributed by atoms with Crippen molar-refractivity contribution in [2.24, 2.45) is 0 Å². The number of anilines is 1. The normalized spacial score (nSPS) is 10.5. The number of hydrogen-bond donors (Lipinski definition) is 2. The van der Waals surface area contributed by atoms with Gasteiger partial charge in [-0.05, 0) is 48.4 Å². The number of aromatic carboxylic acids is 1. The highest BCUT2D eigenvalue weighted by atomic mass is 35.5. The Kier molecular flexibility index (Phi) is 7.08. The standard InChI is InChI=1S/C23H21Cl2NO4/c1-14-4-3-5-15(8-14)13-30-22-20(25)9-16(10-21(22)29-2)12-26-17-6-7-18(23(27)28)19(24)11-17/h3-11,26H,12-13H2,1-2H3,(H,27,28). The number of benzene rings is 3. The van der Waals surface area contributed by atoms with Gasteiger partial charge in [0.1, 0.15) is 6.61 Å². The van der Waals surface area contributed by atoms with Gasteiger partial charge in [0.25, 0.3) is 0 Å². The van der Waals surface area contributed by atoms with Crippen molar-refractivity contribution in [1.29, 1.82) is 0 Å². The summed E-state index contributed by atoms with van der Waals surface area (Å²) in [7, 11) is 1.56. The average molecular weight is 446 g/mol. The van der Waals surface area contributed by atoms with Crippen molar-refractivity contribution < 1.29 is 19.4 Å². The summed E-state index contributed by atoms with van der Waals surface area (Å²) in [5, 5.41) is 12.9. The van der Waals surface area contributed by atoms with Crippen molar-refractivity contribution >= 4 is 34.9 Å². The molecule has 3 rings (SSSR count). The Hall–Kier alpha value is -2.89. The Morgan fingerprint density at radius 2 is 1.83 bits per heavy atom. The number of halogens is 2. The van der Waals surface area contributed by atoms with Crippen LogP contribution in [0.1, 0.15) is 27.0 Å². The molecule has 2 N–H and O–H groups in total. The van der Waals surface area contributed by atoms with Crippen molar-refractivity contribution in [2.45, 2.75) is 20.1 Å². The molecule has 0 aliphatic carbocycles. The largest absolute Gasteiger partial charge is 0.493 e. The molecule has 0 unspecified atom stereocenters. The second kappa shape index (κ2) is 9.74. The number of aryl methyl sites for hydroxylation is 1. The molecular weight excluding hydrogens is 425 g/mol. The van der Waals surface area contributed by atoms with Gasteiger partial charge in [-0.15, -0.1) is 0 Å². The zero-order valence-corrected chi connectivity index (χ0v) is 18.1. The van der Waals surface area contributed by atoms with Gasteiger partial charge in [0.2, 0.25) is 0 Å². The van der Waals surface area contributed by atoms with Crippen LogP contribution in [0.15, 0.2) is 54.6 Å². The lowest BCUT2D eigenvalue weighted by Crippen LogP contribution is -2.04. The number of carboxylic acid groups (broad SMARTS) is 1. The molecule has 0 atom stereocenters. The molecule has 0 saturated heterocycles. The summed E-state index contributed by atoms with van der Waals surface area (Å²) in [6.45, 7) is 2.85. The number of carboxylic acids is 1. The average Bonchev–Trinajstić information content (AvgIpc) is 2.71. The third-order valence-electron chi connectivity index (χ3n) is 4.45. The van der Waals surface area contributed by atoms with E-state index >= 15 is 0 Å². The van der Waals surface area contributed by atoms with E-state index in [1.165, 1.54) is 6.07 Å². The van der Waals surface area contributed by atoms with E-state index in [2.05, 4.69) is 11.4 Å². The van der Waals surface area contributed by atoms with E-state index in [4.69, 9.17) is 37.8 Å². The van der Waals surface area contributed by atoms with Gasteiger partial charge < -0.3 is 19.9 Å². The maximum atomic E-state index is 11.1. The highest BCUT2D eigenvalue weighted by Gasteiger charge is 2.13. The van der Waals surface area contributed by atoms with Gasteiger partial charge in [-0.3, -0.25) is 0 Å². The van der Waals surface area contributed by atoms with E-state index in [1.807, 2.05) is 31.2 Å². The summed E-state index contributed by atoms with van der Waals surface area (Å²) in [6.07, 6.45) is 0. The van der Waals surface area contributed by atoms with E-state index in [-0.39, 0.29) is 10.6 Å². The minimum absolute atomic E-state index is 0.0574. The van der Waals surface area contributed by atoms with E-state index in [9.17, 15) is 4.79 Å². The van der Waals surface area contributed by atoms with Crippen LogP contribution in [-0.2, 0) is 13.2 Å². The first kappa shape index (κ1) is 21.8. The first-order chi connectivity index (χ1) is 14.4. The number of carbonyl (C=O) groups is 1. The first-order valence-electron chi connectivity index (χ1n) is 9.19. The van der Waals surface area contributed by atoms with Gasteiger partial charge in [0.15, 0.2) is 11.5 Å². The van der Waals surface area contributed by atoms with Gasteiger partial charge in [-0.25, -0.2) is 4.79 Å². The fourth-order valence-corrected chi connectivity index (χ4v) is 3.52. The van der Waals surface area contributed by atoms with Gasteiger partial charge >= 0.3 is 5.97 Å². The number of nitrogens with one attached hydrogen (secondary N) is 1. The molecule has 0 fully saturated rings. The second-order valence-electron chi connectivity index (χ2n) is 6.74. The summed E-state index contributed by atoms with van der Waals surface area (Å²) >= 11 is 12.5. The fraction of sp³-hybridized carbons (Fsp3) is 0.174.